The number of carbonyl (C=O) groups is 1. The van der Waals surface area contributed by atoms with Crippen LogP contribution in [0.2, 0.25) is 0 Å². The lowest BCUT2D eigenvalue weighted by atomic mass is 9.88. The molecular weight excluding hydrogens is 254 g/mol. The minimum Gasteiger partial charge on any atom is -0.459 e. The minimum absolute atomic E-state index is 0.0587. The third-order valence-electron chi connectivity index (χ3n) is 3.85. The second kappa shape index (κ2) is 7.29. The molecule has 0 bridgehead atoms. The Morgan fingerprint density at radius 2 is 2.00 bits per heavy atom. The summed E-state index contributed by atoms with van der Waals surface area (Å²) in [6.45, 7) is 2.74. The molecule has 0 amide bonds. The summed E-state index contributed by atoms with van der Waals surface area (Å²) in [7, 11) is 0. The van der Waals surface area contributed by atoms with Crippen LogP contribution in [0.4, 0.5) is 5.69 Å². The van der Waals surface area contributed by atoms with Crippen molar-refractivity contribution in [2.24, 2.45) is 5.92 Å². The Morgan fingerprint density at radius 3 is 2.65 bits per heavy atom. The highest BCUT2D eigenvalue weighted by Crippen LogP contribution is 2.27. The quantitative estimate of drug-likeness (QED) is 0.813. The van der Waals surface area contributed by atoms with Gasteiger partial charge in [-0.25, -0.2) is 4.79 Å². The zero-order chi connectivity index (χ0) is 14.4. The van der Waals surface area contributed by atoms with E-state index in [1.165, 1.54) is 6.42 Å². The Balaban J connectivity index is 1.91. The first-order valence-corrected chi connectivity index (χ1v) is 7.36. The van der Waals surface area contributed by atoms with Crippen LogP contribution in [0.15, 0.2) is 24.3 Å². The number of hydrogen-bond donors (Lipinski definition) is 2. The van der Waals surface area contributed by atoms with E-state index >= 15 is 0 Å². The molecule has 2 unspecified atom stereocenters. The number of esters is 1. The van der Waals surface area contributed by atoms with Crippen LogP contribution in [-0.2, 0) is 4.74 Å². The maximum Gasteiger partial charge on any atom is 0.338 e. The molecule has 4 nitrogen and oxygen atoms in total. The number of ether oxygens (including phenoxy) is 1. The molecule has 0 aliphatic heterocycles. The van der Waals surface area contributed by atoms with E-state index < -0.39 is 0 Å². The van der Waals surface area contributed by atoms with Crippen LogP contribution in [-0.4, -0.2) is 30.3 Å². The van der Waals surface area contributed by atoms with Gasteiger partial charge in [-0.3, -0.25) is 0 Å². The van der Waals surface area contributed by atoms with Crippen LogP contribution in [0.3, 0.4) is 0 Å². The molecule has 1 saturated carbocycles. The van der Waals surface area contributed by atoms with E-state index in [-0.39, 0.29) is 18.7 Å². The van der Waals surface area contributed by atoms with Crippen molar-refractivity contribution in [2.75, 3.05) is 18.5 Å². The van der Waals surface area contributed by atoms with Crippen molar-refractivity contribution in [1.82, 2.24) is 0 Å². The van der Waals surface area contributed by atoms with Gasteiger partial charge in [-0.15, -0.1) is 0 Å². The van der Waals surface area contributed by atoms with Crippen LogP contribution in [0.1, 0.15) is 43.0 Å². The fraction of sp³-hybridized carbons (Fsp3) is 0.562. The van der Waals surface area contributed by atoms with E-state index in [0.717, 1.165) is 24.9 Å². The molecule has 0 radical (unpaired) electrons. The third kappa shape index (κ3) is 3.97. The van der Waals surface area contributed by atoms with Crippen molar-refractivity contribution in [3.63, 3.8) is 0 Å². The van der Waals surface area contributed by atoms with Gasteiger partial charge < -0.3 is 15.2 Å². The molecule has 20 heavy (non-hydrogen) atoms. The first-order valence-electron chi connectivity index (χ1n) is 7.36. The Labute approximate surface area is 120 Å². The van der Waals surface area contributed by atoms with Gasteiger partial charge in [0.05, 0.1) is 12.2 Å². The summed E-state index contributed by atoms with van der Waals surface area (Å²) in [5, 5.41) is 11.8. The predicted octanol–water partition coefficient (Wildman–Crippen LogP) is 2.83. The molecule has 1 aliphatic rings. The number of carbonyl (C=O) groups excluding carboxylic acids is 1. The van der Waals surface area contributed by atoms with E-state index in [9.17, 15) is 4.79 Å². The molecule has 4 heteroatoms. The smallest absolute Gasteiger partial charge is 0.338 e. The van der Waals surface area contributed by atoms with Gasteiger partial charge in [-0.2, -0.15) is 0 Å². The lowest BCUT2D eigenvalue weighted by Gasteiger charge is -2.28. The third-order valence-corrected chi connectivity index (χ3v) is 3.85. The van der Waals surface area contributed by atoms with Crippen LogP contribution < -0.4 is 5.32 Å². The van der Waals surface area contributed by atoms with E-state index in [1.54, 1.807) is 12.1 Å². The molecule has 0 spiro atoms. The van der Waals surface area contributed by atoms with Crippen molar-refractivity contribution >= 4 is 11.7 Å². The molecule has 110 valence electrons. The molecular formula is C16H23NO3. The zero-order valence-corrected chi connectivity index (χ0v) is 12.0. The predicted molar refractivity (Wildman–Crippen MR) is 78.9 cm³/mol. The summed E-state index contributed by atoms with van der Waals surface area (Å²) >= 11 is 0. The van der Waals surface area contributed by atoms with Crippen LogP contribution >= 0.6 is 0 Å². The fourth-order valence-corrected chi connectivity index (χ4v) is 2.59. The number of aliphatic hydroxyl groups is 1. The Morgan fingerprint density at radius 1 is 1.30 bits per heavy atom. The zero-order valence-electron chi connectivity index (χ0n) is 12.0. The minimum atomic E-state index is -0.238. The van der Waals surface area contributed by atoms with Gasteiger partial charge in [-0.05, 0) is 49.4 Å². The first kappa shape index (κ1) is 14.9. The molecule has 0 heterocycles. The van der Waals surface area contributed by atoms with Gasteiger partial charge in [0.1, 0.15) is 6.10 Å². The topological polar surface area (TPSA) is 58.6 Å². The van der Waals surface area contributed by atoms with Crippen LogP contribution in [0.25, 0.3) is 0 Å². The van der Waals surface area contributed by atoms with Crippen molar-refractivity contribution in [3.8, 4) is 0 Å². The Kier molecular flexibility index (Phi) is 5.41. The van der Waals surface area contributed by atoms with E-state index in [2.05, 4.69) is 12.2 Å². The van der Waals surface area contributed by atoms with Crippen LogP contribution in [0.5, 0.6) is 0 Å². The summed E-state index contributed by atoms with van der Waals surface area (Å²) in [4.78, 5) is 12.1. The molecule has 0 saturated heterocycles. The highest BCUT2D eigenvalue weighted by molar-refractivity contribution is 5.89. The van der Waals surface area contributed by atoms with Gasteiger partial charge in [-0.1, -0.05) is 13.3 Å². The second-order valence-electron chi connectivity index (χ2n) is 5.43. The van der Waals surface area contributed by atoms with Gasteiger partial charge in [0.15, 0.2) is 0 Å². The maximum atomic E-state index is 12.1. The summed E-state index contributed by atoms with van der Waals surface area (Å²) < 4.78 is 5.61. The maximum absolute atomic E-state index is 12.1. The average Bonchev–Trinajstić information content (AvgIpc) is 2.48. The molecule has 1 fully saturated rings. The summed E-state index contributed by atoms with van der Waals surface area (Å²) in [5.41, 5.74) is 1.47. The van der Waals surface area contributed by atoms with Crippen molar-refractivity contribution in [1.29, 1.82) is 0 Å². The van der Waals surface area contributed by atoms with Gasteiger partial charge in [0.2, 0.25) is 0 Å². The Hall–Kier alpha value is -1.55. The van der Waals surface area contributed by atoms with E-state index in [1.807, 2.05) is 12.1 Å². The number of nitrogens with one attached hydrogen (secondary N) is 1. The number of rotatable bonds is 5. The first-order chi connectivity index (χ1) is 9.70. The Bertz CT molecular complexity index is 430. The lowest BCUT2D eigenvalue weighted by molar-refractivity contribution is 0.00482. The summed E-state index contributed by atoms with van der Waals surface area (Å²) in [6, 6.07) is 7.18. The van der Waals surface area contributed by atoms with Gasteiger partial charge in [0, 0.05) is 12.2 Å². The molecule has 1 aliphatic carbocycles. The SMILES string of the molecule is CC1CCCCC1OC(=O)c1ccc(NCCO)cc1. The van der Waals surface area contributed by atoms with Crippen molar-refractivity contribution in [2.45, 2.75) is 38.7 Å². The van der Waals surface area contributed by atoms with E-state index in [0.29, 0.717) is 18.0 Å². The molecule has 2 rings (SSSR count). The van der Waals surface area contributed by atoms with E-state index in [4.69, 9.17) is 9.84 Å². The highest BCUT2D eigenvalue weighted by Gasteiger charge is 2.25. The number of aliphatic hydroxyl groups excluding tert-OH is 1. The van der Waals surface area contributed by atoms with Gasteiger partial charge in [0.25, 0.3) is 0 Å². The van der Waals surface area contributed by atoms with Crippen molar-refractivity contribution < 1.29 is 14.6 Å². The van der Waals surface area contributed by atoms with Crippen molar-refractivity contribution in [3.05, 3.63) is 29.8 Å². The summed E-state index contributed by atoms with van der Waals surface area (Å²) in [5.74, 6) is 0.218. The highest BCUT2D eigenvalue weighted by atomic mass is 16.5. The van der Waals surface area contributed by atoms with Gasteiger partial charge >= 0.3 is 5.97 Å². The lowest BCUT2D eigenvalue weighted by Crippen LogP contribution is -2.28. The molecule has 1 aromatic rings. The molecule has 2 N–H and O–H groups in total. The number of anilines is 1. The number of hydrogen-bond acceptors (Lipinski definition) is 4. The monoisotopic (exact) mass is 277 g/mol. The number of benzene rings is 1. The normalized spacial score (nSPS) is 22.3. The molecule has 2 atom stereocenters. The standard InChI is InChI=1S/C16H23NO3/c1-12-4-2-3-5-15(12)20-16(19)13-6-8-14(9-7-13)17-10-11-18/h6-9,12,15,17-18H,2-5,10-11H2,1H3. The van der Waals surface area contributed by atoms with Crippen LogP contribution in [0, 0.1) is 5.92 Å². The molecule has 1 aromatic carbocycles. The average molecular weight is 277 g/mol. The summed E-state index contributed by atoms with van der Waals surface area (Å²) in [6.07, 6.45) is 4.56. The largest absolute Gasteiger partial charge is 0.459 e. The second-order valence-corrected chi connectivity index (χ2v) is 5.43. The fourth-order valence-electron chi connectivity index (χ4n) is 2.59. The molecule has 0 aromatic heterocycles.